The van der Waals surface area contributed by atoms with Crippen LogP contribution >= 0.6 is 11.8 Å². The van der Waals surface area contributed by atoms with E-state index in [0.29, 0.717) is 11.3 Å². The van der Waals surface area contributed by atoms with Crippen molar-refractivity contribution in [2.45, 2.75) is 38.5 Å². The fourth-order valence-electron chi connectivity index (χ4n) is 1.76. The Hall–Kier alpha value is -1.47. The molecule has 4 heteroatoms. The number of amides is 1. The predicted octanol–water partition coefficient (Wildman–Crippen LogP) is 3.10. The molecular formula is C15H20N2OS. The van der Waals surface area contributed by atoms with Gasteiger partial charge in [-0.05, 0) is 31.0 Å². The van der Waals surface area contributed by atoms with Gasteiger partial charge in [-0.15, -0.1) is 11.8 Å². The Morgan fingerprint density at radius 3 is 2.68 bits per heavy atom. The fourth-order valence-corrected chi connectivity index (χ4v) is 2.56. The Morgan fingerprint density at radius 2 is 2.11 bits per heavy atom. The maximum Gasteiger partial charge on any atom is 0.230 e. The minimum absolute atomic E-state index is 0.0968. The van der Waals surface area contributed by atoms with Crippen LogP contribution in [0.2, 0.25) is 0 Å². The number of nitrogens with zero attached hydrogens (tertiary/aromatic N) is 1. The molecule has 0 bridgehead atoms. The van der Waals surface area contributed by atoms with Crippen LogP contribution < -0.4 is 5.32 Å². The van der Waals surface area contributed by atoms with Crippen LogP contribution in [0, 0.1) is 11.3 Å². The number of hydrogen-bond donors (Lipinski definition) is 1. The van der Waals surface area contributed by atoms with Crippen LogP contribution in [0.15, 0.2) is 24.3 Å². The van der Waals surface area contributed by atoms with Crippen LogP contribution in [0.4, 0.5) is 0 Å². The molecule has 0 saturated heterocycles. The number of carbonyl (C=O) groups is 1. The summed E-state index contributed by atoms with van der Waals surface area (Å²) < 4.78 is 0. The van der Waals surface area contributed by atoms with Gasteiger partial charge >= 0.3 is 0 Å². The third kappa shape index (κ3) is 6.30. The molecule has 19 heavy (non-hydrogen) atoms. The van der Waals surface area contributed by atoms with Gasteiger partial charge in [-0.25, -0.2) is 0 Å². The lowest BCUT2D eigenvalue weighted by molar-refractivity contribution is -0.119. The van der Waals surface area contributed by atoms with E-state index in [2.05, 4.69) is 18.3 Å². The molecule has 1 aromatic rings. The second kappa shape index (κ2) is 8.60. The molecule has 1 atom stereocenters. The minimum Gasteiger partial charge on any atom is -0.353 e. The monoisotopic (exact) mass is 276 g/mol. The molecule has 3 nitrogen and oxygen atoms in total. The SMILES string of the molecule is CCCC(C)NC(=O)CSCc1ccc(C#N)cc1. The zero-order valence-corrected chi connectivity index (χ0v) is 12.3. The predicted molar refractivity (Wildman–Crippen MR) is 79.8 cm³/mol. The zero-order valence-electron chi connectivity index (χ0n) is 11.5. The molecule has 102 valence electrons. The summed E-state index contributed by atoms with van der Waals surface area (Å²) in [6.45, 7) is 4.15. The highest BCUT2D eigenvalue weighted by atomic mass is 32.2. The van der Waals surface area contributed by atoms with E-state index < -0.39 is 0 Å². The molecular weight excluding hydrogens is 256 g/mol. The van der Waals surface area contributed by atoms with Crippen molar-refractivity contribution in [3.8, 4) is 6.07 Å². The standard InChI is InChI=1S/C15H20N2OS/c1-3-4-12(2)17-15(18)11-19-10-14-7-5-13(9-16)6-8-14/h5-8,12H,3-4,10-11H2,1-2H3,(H,17,18). The van der Waals surface area contributed by atoms with Crippen molar-refractivity contribution in [2.75, 3.05) is 5.75 Å². The highest BCUT2D eigenvalue weighted by molar-refractivity contribution is 7.99. The molecule has 1 N–H and O–H groups in total. The van der Waals surface area contributed by atoms with E-state index in [1.54, 1.807) is 23.9 Å². The average molecular weight is 276 g/mol. The number of rotatable bonds is 7. The Kier molecular flexibility index (Phi) is 7.06. The van der Waals surface area contributed by atoms with Crippen LogP contribution in [0.25, 0.3) is 0 Å². The van der Waals surface area contributed by atoms with E-state index in [9.17, 15) is 4.79 Å². The molecule has 0 saturated carbocycles. The number of thioether (sulfide) groups is 1. The highest BCUT2D eigenvalue weighted by Gasteiger charge is 2.06. The van der Waals surface area contributed by atoms with E-state index in [0.717, 1.165) is 24.2 Å². The topological polar surface area (TPSA) is 52.9 Å². The zero-order chi connectivity index (χ0) is 14.1. The highest BCUT2D eigenvalue weighted by Crippen LogP contribution is 2.12. The van der Waals surface area contributed by atoms with Crippen molar-refractivity contribution in [1.82, 2.24) is 5.32 Å². The van der Waals surface area contributed by atoms with Crippen LogP contribution in [0.1, 0.15) is 37.8 Å². The van der Waals surface area contributed by atoms with Crippen molar-refractivity contribution >= 4 is 17.7 Å². The Balaban J connectivity index is 2.26. The largest absolute Gasteiger partial charge is 0.353 e. The first kappa shape index (κ1) is 15.6. The summed E-state index contributed by atoms with van der Waals surface area (Å²) >= 11 is 1.59. The lowest BCUT2D eigenvalue weighted by atomic mass is 10.2. The second-order valence-corrected chi connectivity index (χ2v) is 5.54. The molecule has 1 aromatic carbocycles. The van der Waals surface area contributed by atoms with Gasteiger partial charge in [-0.1, -0.05) is 25.5 Å². The molecule has 1 amide bonds. The van der Waals surface area contributed by atoms with Gasteiger partial charge in [0.05, 0.1) is 17.4 Å². The Morgan fingerprint density at radius 1 is 1.42 bits per heavy atom. The first-order chi connectivity index (χ1) is 9.15. The van der Waals surface area contributed by atoms with Crippen LogP contribution in [-0.2, 0) is 10.5 Å². The maximum atomic E-state index is 11.6. The van der Waals surface area contributed by atoms with Gasteiger partial charge < -0.3 is 5.32 Å². The lowest BCUT2D eigenvalue weighted by Gasteiger charge is -2.12. The summed E-state index contributed by atoms with van der Waals surface area (Å²) in [5.41, 5.74) is 1.80. The molecule has 0 aliphatic heterocycles. The van der Waals surface area contributed by atoms with Gasteiger partial charge in [0.2, 0.25) is 5.91 Å². The second-order valence-electron chi connectivity index (χ2n) is 4.56. The molecule has 0 fully saturated rings. The van der Waals surface area contributed by atoms with Crippen LogP contribution in [0.3, 0.4) is 0 Å². The van der Waals surface area contributed by atoms with Crippen molar-refractivity contribution in [1.29, 1.82) is 5.26 Å². The summed E-state index contributed by atoms with van der Waals surface area (Å²) in [7, 11) is 0. The summed E-state index contributed by atoms with van der Waals surface area (Å²) in [4.78, 5) is 11.6. The first-order valence-electron chi connectivity index (χ1n) is 6.51. The van der Waals surface area contributed by atoms with Gasteiger partial charge in [0, 0.05) is 11.8 Å². The third-order valence-electron chi connectivity index (χ3n) is 2.71. The van der Waals surface area contributed by atoms with Crippen molar-refractivity contribution < 1.29 is 4.79 Å². The summed E-state index contributed by atoms with van der Waals surface area (Å²) in [6, 6.07) is 9.83. The van der Waals surface area contributed by atoms with Crippen LogP contribution in [-0.4, -0.2) is 17.7 Å². The molecule has 1 unspecified atom stereocenters. The number of carbonyl (C=O) groups excluding carboxylic acids is 1. The molecule has 0 heterocycles. The van der Waals surface area contributed by atoms with Crippen molar-refractivity contribution in [2.24, 2.45) is 0 Å². The Bertz CT molecular complexity index is 436. The van der Waals surface area contributed by atoms with Crippen LogP contribution in [0.5, 0.6) is 0 Å². The van der Waals surface area contributed by atoms with Gasteiger partial charge in [-0.2, -0.15) is 5.26 Å². The Labute approximate surface area is 119 Å². The normalized spacial score (nSPS) is 11.6. The molecule has 0 aromatic heterocycles. The van der Waals surface area contributed by atoms with E-state index in [4.69, 9.17) is 5.26 Å². The molecule has 0 spiro atoms. The summed E-state index contributed by atoms with van der Waals surface area (Å²) in [6.07, 6.45) is 2.10. The van der Waals surface area contributed by atoms with Gasteiger partial charge in [0.1, 0.15) is 0 Å². The van der Waals surface area contributed by atoms with E-state index in [1.807, 2.05) is 19.1 Å². The number of hydrogen-bond acceptors (Lipinski definition) is 3. The molecule has 0 radical (unpaired) electrons. The number of benzene rings is 1. The quantitative estimate of drug-likeness (QED) is 0.832. The summed E-state index contributed by atoms with van der Waals surface area (Å²) in [5.74, 6) is 1.37. The van der Waals surface area contributed by atoms with Gasteiger partial charge in [-0.3, -0.25) is 4.79 Å². The summed E-state index contributed by atoms with van der Waals surface area (Å²) in [5, 5.41) is 11.7. The molecule has 0 aliphatic rings. The van der Waals surface area contributed by atoms with Gasteiger partial charge in [0.15, 0.2) is 0 Å². The van der Waals surface area contributed by atoms with E-state index in [1.165, 1.54) is 0 Å². The maximum absolute atomic E-state index is 11.6. The molecule has 1 rings (SSSR count). The van der Waals surface area contributed by atoms with E-state index >= 15 is 0 Å². The first-order valence-corrected chi connectivity index (χ1v) is 7.67. The van der Waals surface area contributed by atoms with Crippen molar-refractivity contribution in [3.63, 3.8) is 0 Å². The van der Waals surface area contributed by atoms with Crippen molar-refractivity contribution in [3.05, 3.63) is 35.4 Å². The third-order valence-corrected chi connectivity index (χ3v) is 3.72. The number of nitrogens with one attached hydrogen (secondary N) is 1. The lowest BCUT2D eigenvalue weighted by Crippen LogP contribution is -2.33. The van der Waals surface area contributed by atoms with Gasteiger partial charge in [0.25, 0.3) is 0 Å². The average Bonchev–Trinajstić information content (AvgIpc) is 2.39. The fraction of sp³-hybridized carbons (Fsp3) is 0.467. The number of nitriles is 1. The minimum atomic E-state index is 0.0968. The molecule has 0 aliphatic carbocycles. The van der Waals surface area contributed by atoms with E-state index in [-0.39, 0.29) is 11.9 Å². The smallest absolute Gasteiger partial charge is 0.230 e.